The van der Waals surface area contributed by atoms with E-state index in [1.165, 1.54) is 0 Å². The summed E-state index contributed by atoms with van der Waals surface area (Å²) < 4.78 is 5.05. The number of alkyl halides is 1. The van der Waals surface area contributed by atoms with Crippen molar-refractivity contribution in [2.45, 2.75) is 11.6 Å². The van der Waals surface area contributed by atoms with Crippen molar-refractivity contribution in [3.05, 3.63) is 53.9 Å². The molecule has 2 rings (SSSR count). The molecule has 0 spiro atoms. The first kappa shape index (κ1) is 13.5. The number of anilines is 1. The summed E-state index contributed by atoms with van der Waals surface area (Å²) in [5.41, 5.74) is 2.54. The van der Waals surface area contributed by atoms with Crippen LogP contribution < -0.4 is 10.6 Å². The first-order valence-electron chi connectivity index (χ1n) is 5.78. The molecular weight excluding hydrogens is 262 g/mol. The molecule has 1 unspecified atom stereocenters. The molecule has 0 fully saturated rings. The SMILES string of the molecule is COCc1ccc(NC2=CC=CNC2(Cl)C#N)cc1. The summed E-state index contributed by atoms with van der Waals surface area (Å²) in [6.45, 7) is 0.574. The van der Waals surface area contributed by atoms with Crippen LogP contribution in [-0.4, -0.2) is 12.1 Å². The van der Waals surface area contributed by atoms with Crippen LogP contribution in [-0.2, 0) is 11.3 Å². The third kappa shape index (κ3) is 3.08. The Balaban J connectivity index is 2.14. The average molecular weight is 276 g/mol. The molecule has 0 saturated heterocycles. The lowest BCUT2D eigenvalue weighted by atomic mass is 10.1. The number of nitrogens with one attached hydrogen (secondary N) is 2. The number of hydrogen-bond donors (Lipinski definition) is 2. The Morgan fingerprint density at radius 1 is 1.42 bits per heavy atom. The van der Waals surface area contributed by atoms with E-state index in [9.17, 15) is 0 Å². The maximum atomic E-state index is 9.14. The first-order chi connectivity index (χ1) is 9.18. The molecule has 0 aromatic heterocycles. The lowest BCUT2D eigenvalue weighted by molar-refractivity contribution is 0.185. The maximum absolute atomic E-state index is 9.14. The molecule has 4 nitrogen and oxygen atoms in total. The van der Waals surface area contributed by atoms with Crippen LogP contribution in [0.2, 0.25) is 0 Å². The number of rotatable bonds is 4. The Labute approximate surface area is 117 Å². The fourth-order valence-electron chi connectivity index (χ4n) is 1.73. The monoisotopic (exact) mass is 275 g/mol. The second-order valence-electron chi connectivity index (χ2n) is 4.11. The maximum Gasteiger partial charge on any atom is 0.240 e. The van der Waals surface area contributed by atoms with Crippen LogP contribution in [0.15, 0.2) is 48.3 Å². The smallest absolute Gasteiger partial charge is 0.240 e. The van der Waals surface area contributed by atoms with Crippen LogP contribution in [0.4, 0.5) is 5.69 Å². The predicted molar refractivity (Wildman–Crippen MR) is 75.3 cm³/mol. The summed E-state index contributed by atoms with van der Waals surface area (Å²) in [6, 6.07) is 9.79. The zero-order chi connectivity index (χ0) is 13.7. The van der Waals surface area contributed by atoms with Crippen molar-refractivity contribution >= 4 is 17.3 Å². The van der Waals surface area contributed by atoms with Crippen molar-refractivity contribution in [2.75, 3.05) is 12.4 Å². The van der Waals surface area contributed by atoms with E-state index in [-0.39, 0.29) is 0 Å². The average Bonchev–Trinajstić information content (AvgIpc) is 2.44. The highest BCUT2D eigenvalue weighted by Gasteiger charge is 2.32. The summed E-state index contributed by atoms with van der Waals surface area (Å²) in [5.74, 6) is 0. The number of dihydropyridines is 1. The molecule has 0 saturated carbocycles. The van der Waals surface area contributed by atoms with E-state index in [2.05, 4.69) is 10.6 Å². The summed E-state index contributed by atoms with van der Waals surface area (Å²) in [7, 11) is 1.66. The minimum Gasteiger partial charge on any atom is -0.380 e. The van der Waals surface area contributed by atoms with Crippen LogP contribution in [0.1, 0.15) is 5.56 Å². The number of benzene rings is 1. The van der Waals surface area contributed by atoms with Gasteiger partial charge in [-0.05, 0) is 36.0 Å². The molecule has 1 heterocycles. The van der Waals surface area contributed by atoms with E-state index in [0.717, 1.165) is 11.3 Å². The van der Waals surface area contributed by atoms with Crippen LogP contribution in [0.3, 0.4) is 0 Å². The number of allylic oxidation sites excluding steroid dienone is 2. The van der Waals surface area contributed by atoms with Gasteiger partial charge in [0.1, 0.15) is 6.07 Å². The summed E-state index contributed by atoms with van der Waals surface area (Å²) in [4.78, 5) is -1.25. The van der Waals surface area contributed by atoms with Gasteiger partial charge in [-0.1, -0.05) is 23.7 Å². The lowest BCUT2D eigenvalue weighted by Crippen LogP contribution is -2.41. The Morgan fingerprint density at radius 3 is 2.79 bits per heavy atom. The highest BCUT2D eigenvalue weighted by molar-refractivity contribution is 6.28. The molecule has 0 aliphatic carbocycles. The van der Waals surface area contributed by atoms with Crippen LogP contribution >= 0.6 is 11.6 Å². The van der Waals surface area contributed by atoms with Gasteiger partial charge in [0.25, 0.3) is 0 Å². The van der Waals surface area contributed by atoms with Gasteiger partial charge in [0.15, 0.2) is 0 Å². The van der Waals surface area contributed by atoms with Crippen LogP contribution in [0.25, 0.3) is 0 Å². The van der Waals surface area contributed by atoms with Gasteiger partial charge in [-0.15, -0.1) is 0 Å². The van der Waals surface area contributed by atoms with Gasteiger partial charge in [-0.3, -0.25) is 0 Å². The molecule has 98 valence electrons. The van der Waals surface area contributed by atoms with E-state index in [1.54, 1.807) is 25.5 Å². The molecule has 19 heavy (non-hydrogen) atoms. The van der Waals surface area contributed by atoms with Gasteiger partial charge in [-0.25, -0.2) is 0 Å². The van der Waals surface area contributed by atoms with Gasteiger partial charge in [0, 0.05) is 12.8 Å². The third-order valence-corrected chi connectivity index (χ3v) is 3.11. The van der Waals surface area contributed by atoms with Crippen molar-refractivity contribution < 1.29 is 4.74 Å². The second-order valence-corrected chi connectivity index (χ2v) is 4.68. The van der Waals surface area contributed by atoms with Crippen molar-refractivity contribution in [2.24, 2.45) is 0 Å². The minimum absolute atomic E-state index is 0.574. The molecule has 0 radical (unpaired) electrons. The van der Waals surface area contributed by atoms with Crippen molar-refractivity contribution in [1.29, 1.82) is 5.26 Å². The summed E-state index contributed by atoms with van der Waals surface area (Å²) >= 11 is 6.18. The van der Waals surface area contributed by atoms with Gasteiger partial charge < -0.3 is 15.4 Å². The summed E-state index contributed by atoms with van der Waals surface area (Å²) in [5, 5.41) is 15.1. The van der Waals surface area contributed by atoms with Gasteiger partial charge >= 0.3 is 0 Å². The van der Waals surface area contributed by atoms with Gasteiger partial charge in [0.05, 0.1) is 12.3 Å². The largest absolute Gasteiger partial charge is 0.380 e. The highest BCUT2D eigenvalue weighted by atomic mass is 35.5. The molecule has 1 aliphatic rings. The Morgan fingerprint density at radius 2 is 2.16 bits per heavy atom. The number of halogens is 1. The predicted octanol–water partition coefficient (Wildman–Crippen LogP) is 2.70. The highest BCUT2D eigenvalue weighted by Crippen LogP contribution is 2.26. The van der Waals surface area contributed by atoms with Crippen molar-refractivity contribution in [1.82, 2.24) is 5.32 Å². The number of methoxy groups -OCH3 is 1. The van der Waals surface area contributed by atoms with E-state index < -0.39 is 5.00 Å². The molecule has 0 amide bonds. The zero-order valence-electron chi connectivity index (χ0n) is 10.5. The molecule has 2 N–H and O–H groups in total. The molecule has 1 aromatic rings. The Kier molecular flexibility index (Phi) is 4.10. The molecule has 1 aliphatic heterocycles. The molecule has 5 heteroatoms. The number of ether oxygens (including phenoxy) is 1. The van der Waals surface area contributed by atoms with Crippen molar-refractivity contribution in [3.8, 4) is 6.07 Å². The first-order valence-corrected chi connectivity index (χ1v) is 6.16. The van der Waals surface area contributed by atoms with E-state index in [1.807, 2.05) is 30.3 Å². The standard InChI is InChI=1S/C14H14ClN3O/c1-19-9-11-4-6-12(7-5-11)18-13-3-2-8-17-14(13,15)10-16/h2-8,17-18H,9H2,1H3. The molecule has 1 atom stereocenters. The van der Waals surface area contributed by atoms with Gasteiger partial charge in [-0.2, -0.15) is 5.26 Å². The second kappa shape index (κ2) is 5.79. The van der Waals surface area contributed by atoms with E-state index in [0.29, 0.717) is 12.3 Å². The molecular formula is C14H14ClN3O. The van der Waals surface area contributed by atoms with E-state index in [4.69, 9.17) is 21.6 Å². The number of nitriles is 1. The van der Waals surface area contributed by atoms with Gasteiger partial charge in [0.2, 0.25) is 5.00 Å². The van der Waals surface area contributed by atoms with E-state index >= 15 is 0 Å². The fourth-order valence-corrected chi connectivity index (χ4v) is 1.90. The quantitative estimate of drug-likeness (QED) is 0.655. The number of hydrogen-bond acceptors (Lipinski definition) is 4. The minimum atomic E-state index is -1.25. The fraction of sp³-hybridized carbons (Fsp3) is 0.214. The van der Waals surface area contributed by atoms with Crippen LogP contribution in [0, 0.1) is 11.3 Å². The number of nitrogens with zero attached hydrogens (tertiary/aromatic N) is 1. The molecule has 1 aromatic carbocycles. The zero-order valence-corrected chi connectivity index (χ0v) is 11.2. The van der Waals surface area contributed by atoms with Crippen LogP contribution in [0.5, 0.6) is 0 Å². The topological polar surface area (TPSA) is 57.1 Å². The lowest BCUT2D eigenvalue weighted by Gasteiger charge is -2.26. The Hall–Kier alpha value is -1.96. The summed E-state index contributed by atoms with van der Waals surface area (Å²) in [6.07, 6.45) is 5.21. The normalized spacial score (nSPS) is 21.2. The molecule has 0 bridgehead atoms. The third-order valence-electron chi connectivity index (χ3n) is 2.71. The Bertz CT molecular complexity index is 545. The van der Waals surface area contributed by atoms with Crippen molar-refractivity contribution in [3.63, 3.8) is 0 Å².